The van der Waals surface area contributed by atoms with Gasteiger partial charge < -0.3 is 43.6 Å². The van der Waals surface area contributed by atoms with Crippen LogP contribution in [0.5, 0.6) is 5.75 Å². The molecular formula is C31H49N9O6S2. The van der Waals surface area contributed by atoms with E-state index in [9.17, 15) is 24.0 Å². The van der Waals surface area contributed by atoms with Crippen LogP contribution < -0.4 is 43.6 Å². The summed E-state index contributed by atoms with van der Waals surface area (Å²) >= 11 is 6.55. The van der Waals surface area contributed by atoms with Crippen molar-refractivity contribution in [1.82, 2.24) is 20.9 Å². The molecule has 1 aliphatic rings. The van der Waals surface area contributed by atoms with Crippen LogP contribution in [0.4, 0.5) is 0 Å². The number of primary amides is 1. The summed E-state index contributed by atoms with van der Waals surface area (Å²) in [5, 5.41) is 7.33. The van der Waals surface area contributed by atoms with Crippen molar-refractivity contribution in [2.24, 2.45) is 27.9 Å². The van der Waals surface area contributed by atoms with Gasteiger partial charge in [-0.2, -0.15) is 0 Å². The highest BCUT2D eigenvalue weighted by Crippen LogP contribution is 2.31. The second-order valence-electron chi connectivity index (χ2n) is 11.4. The molecule has 11 N–H and O–H groups in total. The monoisotopic (exact) mass is 707 g/mol. The Balaban J connectivity index is 2.14. The Labute approximate surface area is 291 Å². The molecule has 266 valence electrons. The van der Waals surface area contributed by atoms with Crippen molar-refractivity contribution in [3.63, 3.8) is 0 Å². The Morgan fingerprint density at radius 3 is 2.12 bits per heavy atom. The standard InChI is InChI=1S/C31H49N9O6S2/c1-3-4-8-21(26(33)42)38-28(44)23(9-5-6-15-32)39-27(43)22(10-7-16-36-30(34)35)37-25(41)17-24-29(45)40(31(47)48-24)18-19-11-13-20(46-2)14-12-19/h11-14,21-24H,3-10,15-18,32H2,1-2H3,(H2,33,42)(H,37,41)(H,38,44)(H,39,43)(H4,34,35,36)/t21-,22-,23-,24?/m0/s1. The summed E-state index contributed by atoms with van der Waals surface area (Å²) in [5.74, 6) is -2.15. The minimum atomic E-state index is -1.08. The van der Waals surface area contributed by atoms with Crippen molar-refractivity contribution in [3.8, 4) is 5.75 Å². The molecule has 5 amide bonds. The third-order valence-electron chi connectivity index (χ3n) is 7.56. The first-order valence-corrected chi connectivity index (χ1v) is 17.3. The molecule has 4 atom stereocenters. The summed E-state index contributed by atoms with van der Waals surface area (Å²) in [4.78, 5) is 70.7. The number of nitrogens with zero attached hydrogens (tertiary/aromatic N) is 2. The lowest BCUT2D eigenvalue weighted by atomic mass is 10.0. The van der Waals surface area contributed by atoms with Crippen molar-refractivity contribution in [1.29, 1.82) is 0 Å². The van der Waals surface area contributed by atoms with E-state index in [-0.39, 0.29) is 44.2 Å². The van der Waals surface area contributed by atoms with Gasteiger partial charge in [0.15, 0.2) is 5.96 Å². The molecule has 1 aliphatic heterocycles. The summed E-state index contributed by atoms with van der Waals surface area (Å²) < 4.78 is 5.53. The predicted molar refractivity (Wildman–Crippen MR) is 189 cm³/mol. The fraction of sp³-hybridized carbons (Fsp3) is 0.581. The highest BCUT2D eigenvalue weighted by molar-refractivity contribution is 8.24. The average molecular weight is 708 g/mol. The molecule has 0 aromatic heterocycles. The van der Waals surface area contributed by atoms with Crippen LogP contribution in [0.15, 0.2) is 29.3 Å². The third kappa shape index (κ3) is 13.6. The lowest BCUT2D eigenvalue weighted by molar-refractivity contribution is -0.134. The van der Waals surface area contributed by atoms with Gasteiger partial charge in [0.2, 0.25) is 29.5 Å². The fourth-order valence-electron chi connectivity index (χ4n) is 4.88. The number of guanidine groups is 1. The number of hydrogen-bond donors (Lipinski definition) is 7. The Hall–Kier alpha value is -3.96. The molecule has 0 aliphatic carbocycles. The van der Waals surface area contributed by atoms with Crippen molar-refractivity contribution < 1.29 is 28.7 Å². The zero-order valence-electron chi connectivity index (χ0n) is 27.6. The Bertz CT molecular complexity index is 1290. The molecule has 1 aromatic carbocycles. The van der Waals surface area contributed by atoms with E-state index in [1.165, 1.54) is 4.90 Å². The number of nitrogens with two attached hydrogens (primary N) is 4. The van der Waals surface area contributed by atoms with Crippen LogP contribution >= 0.6 is 24.0 Å². The van der Waals surface area contributed by atoms with Gasteiger partial charge in [-0.3, -0.25) is 33.9 Å². The molecule has 2 rings (SSSR count). The minimum absolute atomic E-state index is 0.115. The van der Waals surface area contributed by atoms with Gasteiger partial charge in [-0.1, -0.05) is 55.9 Å². The second-order valence-corrected chi connectivity index (χ2v) is 13.2. The lowest BCUT2D eigenvalue weighted by Crippen LogP contribution is -2.56. The Kier molecular flexibility index (Phi) is 17.7. The van der Waals surface area contributed by atoms with Gasteiger partial charge in [0, 0.05) is 13.0 Å². The van der Waals surface area contributed by atoms with Gasteiger partial charge in [0.05, 0.1) is 18.9 Å². The molecule has 1 aromatic rings. The summed E-state index contributed by atoms with van der Waals surface area (Å²) in [7, 11) is 1.56. The number of thiocarbonyl (C=S) groups is 1. The number of benzene rings is 1. The molecule has 0 saturated carbocycles. The number of methoxy groups -OCH3 is 1. The first-order valence-electron chi connectivity index (χ1n) is 16.0. The summed E-state index contributed by atoms with van der Waals surface area (Å²) in [5.41, 5.74) is 22.8. The van der Waals surface area contributed by atoms with E-state index in [0.717, 1.165) is 23.7 Å². The third-order valence-corrected chi connectivity index (χ3v) is 9.14. The minimum Gasteiger partial charge on any atom is -0.497 e. The second kappa shape index (κ2) is 21.1. The van der Waals surface area contributed by atoms with Crippen molar-refractivity contribution >= 4 is 63.8 Å². The van der Waals surface area contributed by atoms with Crippen LogP contribution in [0.2, 0.25) is 0 Å². The zero-order valence-corrected chi connectivity index (χ0v) is 29.2. The van der Waals surface area contributed by atoms with Gasteiger partial charge in [-0.15, -0.1) is 0 Å². The summed E-state index contributed by atoms with van der Waals surface area (Å²) in [6.07, 6.45) is 3.47. The maximum Gasteiger partial charge on any atom is 0.243 e. The van der Waals surface area contributed by atoms with E-state index in [2.05, 4.69) is 20.9 Å². The number of amides is 5. The fourth-order valence-corrected chi connectivity index (χ4v) is 6.37. The molecule has 1 fully saturated rings. The van der Waals surface area contributed by atoms with E-state index in [1.54, 1.807) is 19.2 Å². The number of rotatable bonds is 22. The van der Waals surface area contributed by atoms with Crippen LogP contribution in [-0.2, 0) is 30.5 Å². The molecule has 0 bridgehead atoms. The largest absolute Gasteiger partial charge is 0.497 e. The molecule has 0 radical (unpaired) electrons. The maximum atomic E-state index is 13.6. The number of ether oxygens (including phenoxy) is 1. The van der Waals surface area contributed by atoms with Gasteiger partial charge in [-0.25, -0.2) is 0 Å². The molecule has 1 heterocycles. The van der Waals surface area contributed by atoms with E-state index < -0.39 is 47.0 Å². The van der Waals surface area contributed by atoms with Crippen LogP contribution in [0, 0.1) is 0 Å². The normalized spacial score (nSPS) is 16.1. The predicted octanol–water partition coefficient (Wildman–Crippen LogP) is 0.127. The highest BCUT2D eigenvalue weighted by Gasteiger charge is 2.39. The SMILES string of the molecule is CCCC[C@H](NC(=O)[C@H](CCCCN)NC(=O)[C@H](CCCN=C(N)N)NC(=O)CC1SC(=S)N(Cc2ccc(OC)cc2)C1=O)C(N)=O. The van der Waals surface area contributed by atoms with E-state index >= 15 is 0 Å². The van der Waals surface area contributed by atoms with Crippen LogP contribution in [-0.4, -0.2) is 88.3 Å². The molecule has 48 heavy (non-hydrogen) atoms. The van der Waals surface area contributed by atoms with Gasteiger partial charge in [0.25, 0.3) is 0 Å². The molecule has 17 heteroatoms. The first-order chi connectivity index (χ1) is 22.9. The number of aliphatic imine (C=N–C) groups is 1. The number of thioether (sulfide) groups is 1. The van der Waals surface area contributed by atoms with E-state index in [4.69, 9.17) is 39.9 Å². The molecular weight excluding hydrogens is 659 g/mol. The zero-order chi connectivity index (χ0) is 35.6. The van der Waals surface area contributed by atoms with E-state index in [0.29, 0.717) is 48.7 Å². The van der Waals surface area contributed by atoms with Crippen LogP contribution in [0.25, 0.3) is 0 Å². The Morgan fingerprint density at radius 2 is 1.54 bits per heavy atom. The highest BCUT2D eigenvalue weighted by atomic mass is 32.2. The van der Waals surface area contributed by atoms with Crippen LogP contribution in [0.3, 0.4) is 0 Å². The molecule has 1 saturated heterocycles. The smallest absolute Gasteiger partial charge is 0.243 e. The molecule has 0 spiro atoms. The first kappa shape index (κ1) is 40.2. The van der Waals surface area contributed by atoms with Crippen molar-refractivity contribution in [2.45, 2.75) is 94.6 Å². The number of carbonyl (C=O) groups excluding carboxylic acids is 5. The number of unbranched alkanes of at least 4 members (excludes halogenated alkanes) is 2. The number of hydrogen-bond acceptors (Lipinski definition) is 10. The lowest BCUT2D eigenvalue weighted by Gasteiger charge is -2.25. The number of carbonyl (C=O) groups is 5. The van der Waals surface area contributed by atoms with Crippen molar-refractivity contribution in [2.75, 3.05) is 20.2 Å². The van der Waals surface area contributed by atoms with Crippen LogP contribution in [0.1, 0.15) is 70.3 Å². The molecule has 1 unspecified atom stereocenters. The van der Waals surface area contributed by atoms with Gasteiger partial charge in [0.1, 0.15) is 28.2 Å². The summed E-state index contributed by atoms with van der Waals surface area (Å²) in [6.45, 7) is 2.79. The quantitative estimate of drug-likeness (QED) is 0.0369. The maximum absolute atomic E-state index is 13.6. The molecule has 15 nitrogen and oxygen atoms in total. The Morgan fingerprint density at radius 1 is 0.938 bits per heavy atom. The van der Waals surface area contributed by atoms with Crippen molar-refractivity contribution in [3.05, 3.63) is 29.8 Å². The van der Waals surface area contributed by atoms with Gasteiger partial charge >= 0.3 is 0 Å². The van der Waals surface area contributed by atoms with Gasteiger partial charge in [-0.05, 0) is 62.8 Å². The topological polar surface area (TPSA) is 250 Å². The van der Waals surface area contributed by atoms with E-state index in [1.807, 2.05) is 19.1 Å². The summed E-state index contributed by atoms with van der Waals surface area (Å²) in [6, 6.07) is 4.24. The average Bonchev–Trinajstić information content (AvgIpc) is 3.30. The number of nitrogens with one attached hydrogen (secondary N) is 3.